The molecule has 0 bridgehead atoms. The third kappa shape index (κ3) is 3.06. The van der Waals surface area contributed by atoms with Gasteiger partial charge in [-0.1, -0.05) is 0 Å². The van der Waals surface area contributed by atoms with Crippen molar-refractivity contribution in [1.29, 1.82) is 0 Å². The first-order chi connectivity index (χ1) is 11.1. The average molecular weight is 317 g/mol. The number of nitrogens with zero attached hydrogens (tertiary/aromatic N) is 2. The summed E-state index contributed by atoms with van der Waals surface area (Å²) >= 11 is 0. The van der Waals surface area contributed by atoms with E-state index in [1.165, 1.54) is 18.6 Å². The van der Waals surface area contributed by atoms with Crippen LogP contribution in [0, 0.1) is 5.82 Å². The Bertz CT molecular complexity index is 666. The maximum Gasteiger partial charge on any atom is 0.328 e. The number of imide groups is 1. The summed E-state index contributed by atoms with van der Waals surface area (Å²) in [5.74, 6) is -0.811. The molecule has 1 aromatic rings. The fraction of sp³-hybridized carbons (Fsp3) is 0.412. The van der Waals surface area contributed by atoms with E-state index in [9.17, 15) is 14.0 Å². The van der Waals surface area contributed by atoms with Crippen molar-refractivity contribution in [3.63, 3.8) is 0 Å². The first kappa shape index (κ1) is 15.5. The number of anilines is 1. The SMILES string of the molecule is CCN1C(=O)N/C(=C/c2ccc(N3CCCCC3)cc2F)C1=O. The second kappa shape index (κ2) is 6.40. The number of rotatable bonds is 3. The Morgan fingerprint density at radius 2 is 1.96 bits per heavy atom. The molecule has 2 aliphatic rings. The van der Waals surface area contributed by atoms with Gasteiger partial charge in [0.25, 0.3) is 5.91 Å². The minimum absolute atomic E-state index is 0.112. The first-order valence-corrected chi connectivity index (χ1v) is 7.99. The number of halogens is 1. The van der Waals surface area contributed by atoms with Crippen LogP contribution in [0.15, 0.2) is 23.9 Å². The molecule has 1 aromatic carbocycles. The predicted molar refractivity (Wildman–Crippen MR) is 86.4 cm³/mol. The highest BCUT2D eigenvalue weighted by Gasteiger charge is 2.32. The third-order valence-electron chi connectivity index (χ3n) is 4.28. The number of nitrogens with one attached hydrogen (secondary N) is 1. The lowest BCUT2D eigenvalue weighted by atomic mass is 10.1. The number of likely N-dealkylation sites (N-methyl/N-ethyl adjacent to an activating group) is 1. The van der Waals surface area contributed by atoms with Crippen molar-refractivity contribution in [3.05, 3.63) is 35.3 Å². The van der Waals surface area contributed by atoms with Crippen LogP contribution in [0.2, 0.25) is 0 Å². The zero-order valence-corrected chi connectivity index (χ0v) is 13.1. The molecule has 3 rings (SSSR count). The predicted octanol–water partition coefficient (Wildman–Crippen LogP) is 2.73. The summed E-state index contributed by atoms with van der Waals surface area (Å²) in [5, 5.41) is 2.48. The number of amides is 3. The van der Waals surface area contributed by atoms with Crippen molar-refractivity contribution < 1.29 is 14.0 Å². The van der Waals surface area contributed by atoms with Gasteiger partial charge in [0.1, 0.15) is 11.5 Å². The van der Waals surface area contributed by atoms with Gasteiger partial charge in [0, 0.05) is 30.9 Å². The van der Waals surface area contributed by atoms with E-state index in [1.54, 1.807) is 13.0 Å². The van der Waals surface area contributed by atoms with Gasteiger partial charge in [0.05, 0.1) is 0 Å². The number of hydrogen-bond acceptors (Lipinski definition) is 3. The van der Waals surface area contributed by atoms with E-state index in [1.807, 2.05) is 6.07 Å². The number of benzene rings is 1. The van der Waals surface area contributed by atoms with Gasteiger partial charge in [-0.3, -0.25) is 9.69 Å². The van der Waals surface area contributed by atoms with Gasteiger partial charge in [-0.25, -0.2) is 9.18 Å². The monoisotopic (exact) mass is 317 g/mol. The molecule has 6 heteroatoms. The summed E-state index contributed by atoms with van der Waals surface area (Å²) in [6, 6.07) is 4.55. The molecule has 0 aromatic heterocycles. The van der Waals surface area contributed by atoms with Crippen LogP contribution in [0.25, 0.3) is 6.08 Å². The molecular formula is C17H20FN3O2. The van der Waals surface area contributed by atoms with Crippen molar-refractivity contribution in [2.45, 2.75) is 26.2 Å². The summed E-state index contributed by atoms with van der Waals surface area (Å²) < 4.78 is 14.4. The molecule has 5 nitrogen and oxygen atoms in total. The molecule has 0 unspecified atom stereocenters. The van der Waals surface area contributed by atoms with Gasteiger partial charge >= 0.3 is 6.03 Å². The molecule has 2 heterocycles. The number of piperidine rings is 1. The normalized spacial score (nSPS) is 20.3. The van der Waals surface area contributed by atoms with Crippen molar-refractivity contribution in [2.75, 3.05) is 24.5 Å². The van der Waals surface area contributed by atoms with Crippen LogP contribution in [-0.2, 0) is 4.79 Å². The topological polar surface area (TPSA) is 52.7 Å². The van der Waals surface area contributed by atoms with Crippen LogP contribution in [0.1, 0.15) is 31.7 Å². The van der Waals surface area contributed by atoms with Crippen LogP contribution < -0.4 is 10.2 Å². The number of carbonyl (C=O) groups is 2. The van der Waals surface area contributed by atoms with E-state index in [0.29, 0.717) is 12.1 Å². The Morgan fingerprint density at radius 3 is 2.57 bits per heavy atom. The molecule has 0 radical (unpaired) electrons. The van der Waals surface area contributed by atoms with Crippen molar-refractivity contribution in [1.82, 2.24) is 10.2 Å². The molecule has 23 heavy (non-hydrogen) atoms. The maximum absolute atomic E-state index is 14.4. The summed E-state index contributed by atoms with van der Waals surface area (Å²) in [4.78, 5) is 26.9. The molecule has 2 aliphatic heterocycles. The zero-order chi connectivity index (χ0) is 16.4. The molecule has 0 aliphatic carbocycles. The fourth-order valence-electron chi connectivity index (χ4n) is 3.00. The van der Waals surface area contributed by atoms with E-state index in [0.717, 1.165) is 36.5 Å². The second-order valence-corrected chi connectivity index (χ2v) is 5.79. The van der Waals surface area contributed by atoms with E-state index in [-0.39, 0.29) is 5.70 Å². The summed E-state index contributed by atoms with van der Waals surface area (Å²) in [6.45, 7) is 3.90. The lowest BCUT2D eigenvalue weighted by Gasteiger charge is -2.28. The molecule has 2 saturated heterocycles. The van der Waals surface area contributed by atoms with Crippen LogP contribution in [-0.4, -0.2) is 36.5 Å². The highest BCUT2D eigenvalue weighted by atomic mass is 19.1. The van der Waals surface area contributed by atoms with Gasteiger partial charge in [-0.15, -0.1) is 0 Å². The van der Waals surface area contributed by atoms with Crippen molar-refractivity contribution in [3.8, 4) is 0 Å². The highest BCUT2D eigenvalue weighted by molar-refractivity contribution is 6.13. The van der Waals surface area contributed by atoms with Crippen molar-refractivity contribution >= 4 is 23.7 Å². The van der Waals surface area contributed by atoms with Gasteiger partial charge in [0.15, 0.2) is 0 Å². The Hall–Kier alpha value is -2.37. The van der Waals surface area contributed by atoms with Gasteiger partial charge < -0.3 is 10.2 Å². The number of carbonyl (C=O) groups excluding carboxylic acids is 2. The quantitative estimate of drug-likeness (QED) is 0.689. The maximum atomic E-state index is 14.4. The molecule has 122 valence electrons. The molecule has 2 fully saturated rings. The molecule has 0 atom stereocenters. The van der Waals surface area contributed by atoms with Crippen molar-refractivity contribution in [2.24, 2.45) is 0 Å². The molecule has 3 amide bonds. The van der Waals surface area contributed by atoms with E-state index in [4.69, 9.17) is 0 Å². The average Bonchev–Trinajstić information content (AvgIpc) is 2.83. The van der Waals surface area contributed by atoms with Crippen LogP contribution in [0.4, 0.5) is 14.9 Å². The third-order valence-corrected chi connectivity index (χ3v) is 4.28. The highest BCUT2D eigenvalue weighted by Crippen LogP contribution is 2.24. The van der Waals surface area contributed by atoms with Gasteiger partial charge in [0.2, 0.25) is 0 Å². The van der Waals surface area contributed by atoms with E-state index >= 15 is 0 Å². The molecule has 1 N–H and O–H groups in total. The van der Waals surface area contributed by atoms with E-state index in [2.05, 4.69) is 10.2 Å². The largest absolute Gasteiger partial charge is 0.371 e. The molecule has 0 saturated carbocycles. The van der Waals surface area contributed by atoms with Gasteiger partial charge in [-0.2, -0.15) is 0 Å². The minimum atomic E-state index is -0.464. The summed E-state index contributed by atoms with van der Waals surface area (Å²) in [6.07, 6.45) is 4.87. The Morgan fingerprint density at radius 1 is 1.22 bits per heavy atom. The number of urea groups is 1. The summed E-state index contributed by atoms with van der Waals surface area (Å²) in [7, 11) is 0. The van der Waals surface area contributed by atoms with E-state index < -0.39 is 17.8 Å². The Kier molecular flexibility index (Phi) is 4.32. The molecule has 0 spiro atoms. The first-order valence-electron chi connectivity index (χ1n) is 7.99. The van der Waals surface area contributed by atoms with Crippen LogP contribution in [0.5, 0.6) is 0 Å². The smallest absolute Gasteiger partial charge is 0.328 e. The minimum Gasteiger partial charge on any atom is -0.371 e. The van der Waals surface area contributed by atoms with Gasteiger partial charge in [-0.05, 0) is 50.5 Å². The number of hydrogen-bond donors (Lipinski definition) is 1. The fourth-order valence-corrected chi connectivity index (χ4v) is 3.00. The lowest BCUT2D eigenvalue weighted by Crippen LogP contribution is -2.30. The lowest BCUT2D eigenvalue weighted by molar-refractivity contribution is -0.122. The molecular weight excluding hydrogens is 297 g/mol. The zero-order valence-electron chi connectivity index (χ0n) is 13.1. The second-order valence-electron chi connectivity index (χ2n) is 5.79. The summed E-state index contributed by atoms with van der Waals surface area (Å²) in [5.41, 5.74) is 1.27. The van der Waals surface area contributed by atoms with Crippen LogP contribution >= 0.6 is 0 Å². The van der Waals surface area contributed by atoms with Crippen LogP contribution in [0.3, 0.4) is 0 Å². The Balaban J connectivity index is 1.82. The Labute approximate surface area is 134 Å². The standard InChI is InChI=1S/C17H20FN3O2/c1-2-21-16(22)15(19-17(21)23)10-12-6-7-13(11-14(12)18)20-8-4-3-5-9-20/h6-7,10-11H,2-5,8-9H2,1H3,(H,19,23)/b15-10+.